The summed E-state index contributed by atoms with van der Waals surface area (Å²) in [6.45, 7) is 1.99. The summed E-state index contributed by atoms with van der Waals surface area (Å²) in [6.07, 6.45) is 5.19. The molecule has 0 unspecified atom stereocenters. The standard InChI is InChI=1S/C19H17BrClNOS/c1-13-18(19(23)12-20)11-17(10-14-6-8-24-9-7-14)22(13)16-4-2-15(21)3-5-16/h2-8,11H,9-10,12H2,1H3. The summed E-state index contributed by atoms with van der Waals surface area (Å²) in [5, 5.41) is 3.16. The van der Waals surface area contributed by atoms with E-state index in [0.29, 0.717) is 10.4 Å². The molecule has 0 spiro atoms. The summed E-state index contributed by atoms with van der Waals surface area (Å²) >= 11 is 11.1. The lowest BCUT2D eigenvalue weighted by Gasteiger charge is -2.14. The zero-order valence-corrected chi connectivity index (χ0v) is 16.4. The lowest BCUT2D eigenvalue weighted by atomic mass is 10.1. The Hall–Kier alpha value is -1.23. The number of benzene rings is 1. The molecule has 2 nitrogen and oxygen atoms in total. The van der Waals surface area contributed by atoms with Crippen molar-refractivity contribution in [1.29, 1.82) is 0 Å². The van der Waals surface area contributed by atoms with Gasteiger partial charge in [-0.15, -0.1) is 11.8 Å². The number of hydrogen-bond acceptors (Lipinski definition) is 2. The maximum Gasteiger partial charge on any atom is 0.175 e. The van der Waals surface area contributed by atoms with Gasteiger partial charge in [0, 0.05) is 39.8 Å². The molecule has 5 heteroatoms. The topological polar surface area (TPSA) is 22.0 Å². The van der Waals surface area contributed by atoms with E-state index in [1.807, 2.05) is 37.3 Å². The number of alkyl halides is 1. The van der Waals surface area contributed by atoms with E-state index in [4.69, 9.17) is 11.6 Å². The highest BCUT2D eigenvalue weighted by atomic mass is 79.9. The number of ketones is 1. The molecule has 0 saturated carbocycles. The van der Waals surface area contributed by atoms with Gasteiger partial charge in [0.05, 0.1) is 5.33 Å². The fourth-order valence-electron chi connectivity index (χ4n) is 2.86. The minimum atomic E-state index is 0.102. The number of Topliss-reactive ketones (excluding diaryl/α,β-unsaturated/α-hetero) is 1. The van der Waals surface area contributed by atoms with Crippen molar-refractivity contribution in [1.82, 2.24) is 4.57 Å². The molecule has 2 heterocycles. The number of carbonyl (C=O) groups is 1. The number of carbonyl (C=O) groups excluding carboxylic acids is 1. The maximum atomic E-state index is 12.3. The van der Waals surface area contributed by atoms with Crippen LogP contribution in [-0.2, 0) is 6.42 Å². The monoisotopic (exact) mass is 421 g/mol. The van der Waals surface area contributed by atoms with E-state index in [2.05, 4.69) is 38.1 Å². The molecule has 0 atom stereocenters. The first kappa shape index (κ1) is 17.6. The van der Waals surface area contributed by atoms with E-state index < -0.39 is 0 Å². The number of halogens is 2. The third-order valence-electron chi connectivity index (χ3n) is 4.04. The van der Waals surface area contributed by atoms with Crippen LogP contribution in [0, 0.1) is 6.92 Å². The van der Waals surface area contributed by atoms with Gasteiger partial charge in [-0.05, 0) is 48.2 Å². The molecule has 0 aliphatic carbocycles. The van der Waals surface area contributed by atoms with E-state index >= 15 is 0 Å². The highest BCUT2D eigenvalue weighted by Gasteiger charge is 2.18. The summed E-state index contributed by atoms with van der Waals surface area (Å²) < 4.78 is 2.16. The minimum Gasteiger partial charge on any atom is -0.317 e. The Labute approximate surface area is 159 Å². The predicted molar refractivity (Wildman–Crippen MR) is 107 cm³/mol. The third kappa shape index (κ3) is 3.71. The quantitative estimate of drug-likeness (QED) is 0.452. The number of allylic oxidation sites excluding steroid dienone is 2. The average Bonchev–Trinajstić information content (AvgIpc) is 2.92. The van der Waals surface area contributed by atoms with Crippen molar-refractivity contribution in [2.45, 2.75) is 13.3 Å². The summed E-state index contributed by atoms with van der Waals surface area (Å²) in [4.78, 5) is 12.3. The molecule has 124 valence electrons. The van der Waals surface area contributed by atoms with Gasteiger partial charge in [-0.3, -0.25) is 4.79 Å². The van der Waals surface area contributed by atoms with Crippen molar-refractivity contribution < 1.29 is 4.79 Å². The Morgan fingerprint density at radius 2 is 2.08 bits per heavy atom. The molecule has 1 aromatic heterocycles. The highest BCUT2D eigenvalue weighted by Crippen LogP contribution is 2.26. The second-order valence-electron chi connectivity index (χ2n) is 5.60. The van der Waals surface area contributed by atoms with Gasteiger partial charge in [-0.1, -0.05) is 39.7 Å². The Kier molecular flexibility index (Phi) is 5.69. The van der Waals surface area contributed by atoms with Crippen LogP contribution in [0.5, 0.6) is 0 Å². The molecular weight excluding hydrogens is 406 g/mol. The number of aromatic nitrogens is 1. The van der Waals surface area contributed by atoms with E-state index in [0.717, 1.165) is 34.8 Å². The Morgan fingerprint density at radius 1 is 1.33 bits per heavy atom. The summed E-state index contributed by atoms with van der Waals surface area (Å²) in [5.41, 5.74) is 5.15. The molecule has 0 amide bonds. The SMILES string of the molecule is Cc1c(C(=O)CBr)cc(CC2=CCSC=C2)n1-c1ccc(Cl)cc1. The van der Waals surface area contributed by atoms with Crippen LogP contribution in [0.3, 0.4) is 0 Å². The lowest BCUT2D eigenvalue weighted by molar-refractivity contribution is 0.102. The van der Waals surface area contributed by atoms with Crippen LogP contribution in [0.2, 0.25) is 5.02 Å². The van der Waals surface area contributed by atoms with Crippen molar-refractivity contribution in [2.75, 3.05) is 11.1 Å². The molecule has 1 aliphatic rings. The molecule has 1 aliphatic heterocycles. The first-order valence-electron chi connectivity index (χ1n) is 7.63. The first-order valence-corrected chi connectivity index (χ1v) is 10.2. The third-order valence-corrected chi connectivity index (χ3v) is 5.48. The smallest absolute Gasteiger partial charge is 0.175 e. The fraction of sp³-hybridized carbons (Fsp3) is 0.211. The van der Waals surface area contributed by atoms with Gasteiger partial charge >= 0.3 is 0 Å². The lowest BCUT2D eigenvalue weighted by Crippen LogP contribution is -2.05. The van der Waals surface area contributed by atoms with Crippen molar-refractivity contribution in [3.05, 3.63) is 75.4 Å². The minimum absolute atomic E-state index is 0.102. The summed E-state index contributed by atoms with van der Waals surface area (Å²) in [6, 6.07) is 9.75. The molecular formula is C19H17BrClNOS. The van der Waals surface area contributed by atoms with Gasteiger partial charge in [-0.25, -0.2) is 0 Å². The van der Waals surface area contributed by atoms with Crippen molar-refractivity contribution in [2.24, 2.45) is 0 Å². The number of rotatable bonds is 5. The van der Waals surface area contributed by atoms with Crippen LogP contribution in [-0.4, -0.2) is 21.4 Å². The van der Waals surface area contributed by atoms with E-state index in [-0.39, 0.29) is 5.78 Å². The van der Waals surface area contributed by atoms with Crippen LogP contribution in [0.4, 0.5) is 0 Å². The Morgan fingerprint density at radius 3 is 2.71 bits per heavy atom. The molecule has 0 bridgehead atoms. The second-order valence-corrected chi connectivity index (χ2v) is 7.53. The summed E-state index contributed by atoms with van der Waals surface area (Å²) in [7, 11) is 0. The van der Waals surface area contributed by atoms with Crippen LogP contribution in [0.25, 0.3) is 5.69 Å². The van der Waals surface area contributed by atoms with Gasteiger partial charge < -0.3 is 4.57 Å². The molecule has 3 rings (SSSR count). The van der Waals surface area contributed by atoms with E-state index in [1.165, 1.54) is 5.57 Å². The summed E-state index contributed by atoms with van der Waals surface area (Å²) in [5.74, 6) is 1.10. The number of hydrogen-bond donors (Lipinski definition) is 0. The number of nitrogens with zero attached hydrogens (tertiary/aromatic N) is 1. The maximum absolute atomic E-state index is 12.3. The van der Waals surface area contributed by atoms with E-state index in [9.17, 15) is 4.79 Å². The Balaban J connectivity index is 2.08. The van der Waals surface area contributed by atoms with Gasteiger partial charge in [-0.2, -0.15) is 0 Å². The van der Waals surface area contributed by atoms with Gasteiger partial charge in [0.1, 0.15) is 0 Å². The molecule has 0 saturated heterocycles. The van der Waals surface area contributed by atoms with Crippen molar-refractivity contribution >= 4 is 45.1 Å². The fourth-order valence-corrected chi connectivity index (χ4v) is 3.98. The van der Waals surface area contributed by atoms with Crippen LogP contribution in [0.1, 0.15) is 21.7 Å². The zero-order chi connectivity index (χ0) is 17.1. The van der Waals surface area contributed by atoms with Crippen molar-refractivity contribution in [3.63, 3.8) is 0 Å². The van der Waals surface area contributed by atoms with Crippen LogP contribution in [0.15, 0.2) is 53.5 Å². The molecule has 0 radical (unpaired) electrons. The van der Waals surface area contributed by atoms with Gasteiger partial charge in [0.15, 0.2) is 5.78 Å². The average molecular weight is 423 g/mol. The predicted octanol–water partition coefficient (Wildman–Crippen LogP) is 5.75. The number of thioether (sulfide) groups is 1. The normalized spacial score (nSPS) is 13.9. The molecule has 24 heavy (non-hydrogen) atoms. The molecule has 0 fully saturated rings. The van der Waals surface area contributed by atoms with Gasteiger partial charge in [0.25, 0.3) is 0 Å². The van der Waals surface area contributed by atoms with Crippen LogP contribution < -0.4 is 0 Å². The highest BCUT2D eigenvalue weighted by molar-refractivity contribution is 9.09. The largest absolute Gasteiger partial charge is 0.317 e. The zero-order valence-electron chi connectivity index (χ0n) is 13.3. The Bertz CT molecular complexity index is 821. The van der Waals surface area contributed by atoms with Crippen LogP contribution >= 0.6 is 39.3 Å². The first-order chi connectivity index (χ1) is 11.6. The van der Waals surface area contributed by atoms with E-state index in [1.54, 1.807) is 11.8 Å². The molecule has 1 aromatic carbocycles. The molecule has 0 N–H and O–H groups in total. The van der Waals surface area contributed by atoms with Gasteiger partial charge in [0.2, 0.25) is 0 Å². The van der Waals surface area contributed by atoms with Crippen molar-refractivity contribution in [3.8, 4) is 5.69 Å². The molecule has 2 aromatic rings. The second kappa shape index (κ2) is 7.77.